The molecule has 1 amide bonds. The molecule has 0 aliphatic rings. The first-order valence-electron chi connectivity index (χ1n) is 6.48. The summed E-state index contributed by atoms with van der Waals surface area (Å²) in [5, 5.41) is 7.49. The Morgan fingerprint density at radius 1 is 1.35 bits per heavy atom. The second-order valence-electron chi connectivity index (χ2n) is 4.12. The molecule has 1 unspecified atom stereocenters. The fourth-order valence-corrected chi connectivity index (χ4v) is 1.75. The van der Waals surface area contributed by atoms with E-state index < -0.39 is 17.9 Å². The van der Waals surface area contributed by atoms with Crippen LogP contribution in [0.25, 0.3) is 0 Å². The largest absolute Gasteiger partial charge is 0.462 e. The third kappa shape index (κ3) is 3.77. The van der Waals surface area contributed by atoms with E-state index in [4.69, 9.17) is 15.2 Å². The molecule has 2 N–H and O–H groups in total. The molecule has 0 aliphatic heterocycles. The molecule has 0 fully saturated rings. The van der Waals surface area contributed by atoms with Crippen molar-refractivity contribution >= 4 is 11.9 Å². The third-order valence-corrected chi connectivity index (χ3v) is 2.79. The fraction of sp³-hybridized carbons (Fsp3) is 0.667. The predicted molar refractivity (Wildman–Crippen MR) is 70.1 cm³/mol. The van der Waals surface area contributed by atoms with Crippen LogP contribution in [0.2, 0.25) is 0 Å². The third-order valence-electron chi connectivity index (χ3n) is 2.79. The molecule has 0 aliphatic carbocycles. The van der Waals surface area contributed by atoms with E-state index in [1.807, 2.05) is 13.8 Å². The molecule has 8 heteroatoms. The van der Waals surface area contributed by atoms with E-state index >= 15 is 0 Å². The van der Waals surface area contributed by atoms with Gasteiger partial charge >= 0.3 is 5.97 Å². The molecule has 1 heterocycles. The SMILES string of the molecule is CCOCCOC(=O)C(CC)n1nnc(C(N)=O)c1C. The zero-order valence-electron chi connectivity index (χ0n) is 12.0. The van der Waals surface area contributed by atoms with Crippen LogP contribution in [0.4, 0.5) is 0 Å². The van der Waals surface area contributed by atoms with Crippen molar-refractivity contribution in [2.24, 2.45) is 5.73 Å². The number of carbonyl (C=O) groups is 2. The quantitative estimate of drug-likeness (QED) is 0.540. The number of ether oxygens (including phenoxy) is 2. The summed E-state index contributed by atoms with van der Waals surface area (Å²) in [6.07, 6.45) is 0.468. The van der Waals surface area contributed by atoms with Crippen LogP contribution in [0.1, 0.15) is 42.5 Å². The topological polar surface area (TPSA) is 109 Å². The Morgan fingerprint density at radius 2 is 2.05 bits per heavy atom. The summed E-state index contributed by atoms with van der Waals surface area (Å²) >= 11 is 0. The van der Waals surface area contributed by atoms with Crippen LogP contribution in [0.3, 0.4) is 0 Å². The summed E-state index contributed by atoms with van der Waals surface area (Å²) in [5.74, 6) is -1.11. The number of hydrogen-bond donors (Lipinski definition) is 1. The molecule has 1 rings (SSSR count). The van der Waals surface area contributed by atoms with Crippen molar-refractivity contribution in [2.45, 2.75) is 33.2 Å². The lowest BCUT2D eigenvalue weighted by molar-refractivity contribution is -0.149. The van der Waals surface area contributed by atoms with E-state index in [1.54, 1.807) is 6.92 Å². The Kier molecular flexibility index (Phi) is 6.10. The number of nitrogens with two attached hydrogens (primary N) is 1. The summed E-state index contributed by atoms with van der Waals surface area (Å²) in [5.41, 5.74) is 5.68. The molecule has 0 aromatic carbocycles. The highest BCUT2D eigenvalue weighted by Gasteiger charge is 2.25. The van der Waals surface area contributed by atoms with E-state index in [1.165, 1.54) is 4.68 Å². The molecule has 1 atom stereocenters. The molecule has 0 saturated carbocycles. The Labute approximate surface area is 117 Å². The summed E-state index contributed by atoms with van der Waals surface area (Å²) in [4.78, 5) is 23.1. The Bertz CT molecular complexity index is 472. The van der Waals surface area contributed by atoms with E-state index in [-0.39, 0.29) is 12.3 Å². The van der Waals surface area contributed by atoms with Gasteiger partial charge in [0.15, 0.2) is 11.7 Å². The maximum atomic E-state index is 12.0. The minimum absolute atomic E-state index is 0.0607. The van der Waals surface area contributed by atoms with Crippen LogP contribution < -0.4 is 5.73 Å². The van der Waals surface area contributed by atoms with Gasteiger partial charge in [0, 0.05) is 6.61 Å². The Morgan fingerprint density at radius 3 is 2.55 bits per heavy atom. The first kappa shape index (κ1) is 16.1. The van der Waals surface area contributed by atoms with Gasteiger partial charge in [0.2, 0.25) is 0 Å². The first-order chi connectivity index (χ1) is 9.52. The normalized spacial score (nSPS) is 12.2. The molecule has 1 aromatic rings. The van der Waals surface area contributed by atoms with Gasteiger partial charge in [-0.25, -0.2) is 9.48 Å². The second-order valence-corrected chi connectivity index (χ2v) is 4.12. The van der Waals surface area contributed by atoms with Crippen molar-refractivity contribution in [2.75, 3.05) is 19.8 Å². The number of esters is 1. The lowest BCUT2D eigenvalue weighted by Gasteiger charge is -2.15. The van der Waals surface area contributed by atoms with E-state index in [9.17, 15) is 9.59 Å². The van der Waals surface area contributed by atoms with Gasteiger partial charge in [0.05, 0.1) is 12.3 Å². The van der Waals surface area contributed by atoms with Crippen molar-refractivity contribution in [3.8, 4) is 0 Å². The van der Waals surface area contributed by atoms with Crippen LogP contribution in [0.15, 0.2) is 0 Å². The van der Waals surface area contributed by atoms with Gasteiger partial charge in [-0.1, -0.05) is 12.1 Å². The highest BCUT2D eigenvalue weighted by molar-refractivity contribution is 5.91. The van der Waals surface area contributed by atoms with Crippen molar-refractivity contribution in [1.29, 1.82) is 0 Å². The second kappa shape index (κ2) is 7.59. The van der Waals surface area contributed by atoms with E-state index in [0.29, 0.717) is 25.3 Å². The smallest absolute Gasteiger partial charge is 0.331 e. The van der Waals surface area contributed by atoms with Crippen LogP contribution in [0, 0.1) is 6.92 Å². The molecule has 0 radical (unpaired) electrons. The number of primary amides is 1. The van der Waals surface area contributed by atoms with Crippen LogP contribution >= 0.6 is 0 Å². The summed E-state index contributed by atoms with van der Waals surface area (Å²) in [7, 11) is 0. The molecule has 20 heavy (non-hydrogen) atoms. The standard InChI is InChI=1S/C12H20N4O4/c1-4-9(12(18)20-7-6-19-5-2)16-8(3)10(11(13)17)14-15-16/h9H,4-7H2,1-3H3,(H2,13,17). The highest BCUT2D eigenvalue weighted by atomic mass is 16.6. The molecule has 0 bridgehead atoms. The number of rotatable bonds is 8. The average Bonchev–Trinajstić information content (AvgIpc) is 2.78. The predicted octanol–water partition coefficient (Wildman–Crippen LogP) is 0.216. The lowest BCUT2D eigenvalue weighted by atomic mass is 10.2. The van der Waals surface area contributed by atoms with Gasteiger partial charge < -0.3 is 15.2 Å². The molecule has 0 spiro atoms. The van der Waals surface area contributed by atoms with Gasteiger partial charge in [0.1, 0.15) is 6.61 Å². The van der Waals surface area contributed by atoms with Gasteiger partial charge in [-0.05, 0) is 20.3 Å². The average molecular weight is 284 g/mol. The van der Waals surface area contributed by atoms with Crippen molar-refractivity contribution in [3.05, 3.63) is 11.4 Å². The minimum Gasteiger partial charge on any atom is -0.462 e. The molecule has 1 aromatic heterocycles. The highest BCUT2D eigenvalue weighted by Crippen LogP contribution is 2.16. The molecular formula is C12H20N4O4. The van der Waals surface area contributed by atoms with Crippen molar-refractivity contribution < 1.29 is 19.1 Å². The maximum absolute atomic E-state index is 12.0. The van der Waals surface area contributed by atoms with E-state index in [0.717, 1.165) is 0 Å². The molecule has 8 nitrogen and oxygen atoms in total. The number of amides is 1. The number of aromatic nitrogens is 3. The first-order valence-corrected chi connectivity index (χ1v) is 6.48. The monoisotopic (exact) mass is 284 g/mol. The van der Waals surface area contributed by atoms with Crippen LogP contribution in [0.5, 0.6) is 0 Å². The van der Waals surface area contributed by atoms with Crippen molar-refractivity contribution in [3.63, 3.8) is 0 Å². The summed E-state index contributed by atoms with van der Waals surface area (Å²) < 4.78 is 11.6. The van der Waals surface area contributed by atoms with Gasteiger partial charge in [-0.15, -0.1) is 5.10 Å². The molecule has 0 saturated heterocycles. The lowest BCUT2D eigenvalue weighted by Crippen LogP contribution is -2.25. The maximum Gasteiger partial charge on any atom is 0.331 e. The van der Waals surface area contributed by atoms with Gasteiger partial charge in [0.25, 0.3) is 5.91 Å². The minimum atomic E-state index is -0.673. The fourth-order valence-electron chi connectivity index (χ4n) is 1.75. The Balaban J connectivity index is 2.75. The summed E-state index contributed by atoms with van der Waals surface area (Å²) in [6, 6.07) is -0.628. The zero-order chi connectivity index (χ0) is 15.1. The van der Waals surface area contributed by atoms with E-state index in [2.05, 4.69) is 10.3 Å². The number of nitrogens with zero attached hydrogens (tertiary/aromatic N) is 3. The number of carbonyl (C=O) groups excluding carboxylic acids is 2. The summed E-state index contributed by atoms with van der Waals surface area (Å²) in [6.45, 7) is 6.41. The van der Waals surface area contributed by atoms with Crippen molar-refractivity contribution in [1.82, 2.24) is 15.0 Å². The van der Waals surface area contributed by atoms with Crippen LogP contribution in [-0.2, 0) is 14.3 Å². The number of hydrogen-bond acceptors (Lipinski definition) is 6. The van der Waals surface area contributed by atoms with Gasteiger partial charge in [-0.3, -0.25) is 4.79 Å². The molecule has 112 valence electrons. The van der Waals surface area contributed by atoms with Gasteiger partial charge in [-0.2, -0.15) is 0 Å². The molecular weight excluding hydrogens is 264 g/mol. The Hall–Kier alpha value is -1.96. The zero-order valence-corrected chi connectivity index (χ0v) is 12.0. The van der Waals surface area contributed by atoms with Crippen LogP contribution in [-0.4, -0.2) is 46.7 Å².